The molecule has 0 saturated carbocycles. The standard InChI is InChI=1S/C20H27N3O4/c1-13-4-3-5-14(2)23(13)21-20(25)15-10-19(24)22(12-15)16-6-7-17-18(11-16)27-9-8-26-17/h6-7,11,13-15H,3-5,8-10,12H2,1-2H3,(H,21,25)/t13-,14-,15+/m0/s1. The predicted molar refractivity (Wildman–Crippen MR) is 101 cm³/mol. The van der Waals surface area contributed by atoms with Gasteiger partial charge >= 0.3 is 0 Å². The molecule has 3 atom stereocenters. The highest BCUT2D eigenvalue weighted by Crippen LogP contribution is 2.36. The molecular formula is C20H27N3O4. The number of nitrogens with one attached hydrogen (secondary N) is 1. The van der Waals surface area contributed by atoms with Gasteiger partial charge in [-0.25, -0.2) is 5.01 Å². The summed E-state index contributed by atoms with van der Waals surface area (Å²) in [7, 11) is 0. The second-order valence-electron chi connectivity index (χ2n) is 7.75. The SMILES string of the molecule is C[C@H]1CCC[C@H](C)N1NC(=O)[C@@H]1CC(=O)N(c2ccc3c(c2)OCCO3)C1. The fraction of sp³-hybridized carbons (Fsp3) is 0.600. The van der Waals surface area contributed by atoms with Gasteiger partial charge in [0.05, 0.1) is 5.92 Å². The Morgan fingerprint density at radius 2 is 1.81 bits per heavy atom. The van der Waals surface area contributed by atoms with Gasteiger partial charge in [-0.2, -0.15) is 0 Å². The Kier molecular flexibility index (Phi) is 4.95. The molecule has 2 fully saturated rings. The number of anilines is 1. The Labute approximate surface area is 159 Å². The van der Waals surface area contributed by atoms with Gasteiger partial charge in [-0.3, -0.25) is 15.0 Å². The maximum atomic E-state index is 12.8. The van der Waals surface area contributed by atoms with Crippen molar-refractivity contribution in [2.24, 2.45) is 5.92 Å². The molecule has 2 saturated heterocycles. The number of nitrogens with zero attached hydrogens (tertiary/aromatic N) is 2. The van der Waals surface area contributed by atoms with E-state index in [1.54, 1.807) is 4.90 Å². The predicted octanol–water partition coefficient (Wildman–Crippen LogP) is 2.10. The Bertz CT molecular complexity index is 728. The molecule has 1 N–H and O–H groups in total. The van der Waals surface area contributed by atoms with Crippen LogP contribution in [0.5, 0.6) is 11.5 Å². The van der Waals surface area contributed by atoms with Crippen molar-refractivity contribution < 1.29 is 19.1 Å². The first-order valence-electron chi connectivity index (χ1n) is 9.82. The third kappa shape index (κ3) is 3.60. The Hall–Kier alpha value is -2.28. The second kappa shape index (κ2) is 7.38. The van der Waals surface area contributed by atoms with Gasteiger partial charge in [-0.15, -0.1) is 0 Å². The van der Waals surface area contributed by atoms with Crippen LogP contribution in [0.25, 0.3) is 0 Å². The van der Waals surface area contributed by atoms with Crippen LogP contribution in [0.15, 0.2) is 18.2 Å². The lowest BCUT2D eigenvalue weighted by atomic mass is 9.99. The van der Waals surface area contributed by atoms with Gasteiger partial charge in [0.25, 0.3) is 0 Å². The van der Waals surface area contributed by atoms with Gasteiger partial charge in [0.2, 0.25) is 11.8 Å². The quantitative estimate of drug-likeness (QED) is 0.879. The molecule has 2 amide bonds. The van der Waals surface area contributed by atoms with Crippen LogP contribution in [-0.4, -0.2) is 48.7 Å². The number of amides is 2. The Morgan fingerprint density at radius 3 is 2.56 bits per heavy atom. The summed E-state index contributed by atoms with van der Waals surface area (Å²) < 4.78 is 11.1. The topological polar surface area (TPSA) is 71.1 Å². The molecule has 27 heavy (non-hydrogen) atoms. The molecule has 1 aromatic rings. The minimum Gasteiger partial charge on any atom is -0.486 e. The first-order chi connectivity index (χ1) is 13.0. The highest BCUT2D eigenvalue weighted by Gasteiger charge is 2.37. The minimum atomic E-state index is -0.341. The molecule has 3 heterocycles. The number of fused-ring (bicyclic) bond motifs is 1. The zero-order chi connectivity index (χ0) is 19.0. The average molecular weight is 373 g/mol. The lowest BCUT2D eigenvalue weighted by molar-refractivity contribution is -0.133. The van der Waals surface area contributed by atoms with Crippen LogP contribution >= 0.6 is 0 Å². The maximum absolute atomic E-state index is 12.8. The molecule has 3 aliphatic rings. The Morgan fingerprint density at radius 1 is 1.11 bits per heavy atom. The van der Waals surface area contributed by atoms with Gasteiger partial charge < -0.3 is 14.4 Å². The van der Waals surface area contributed by atoms with Crippen LogP contribution in [-0.2, 0) is 9.59 Å². The maximum Gasteiger partial charge on any atom is 0.239 e. The highest BCUT2D eigenvalue weighted by molar-refractivity contribution is 6.00. The van der Waals surface area contributed by atoms with E-state index in [9.17, 15) is 9.59 Å². The van der Waals surface area contributed by atoms with Crippen LogP contribution in [0.1, 0.15) is 39.5 Å². The molecule has 1 aromatic carbocycles. The number of piperidine rings is 1. The highest BCUT2D eigenvalue weighted by atomic mass is 16.6. The van der Waals surface area contributed by atoms with Gasteiger partial charge in [0.15, 0.2) is 11.5 Å². The van der Waals surface area contributed by atoms with Crippen LogP contribution in [0.3, 0.4) is 0 Å². The van der Waals surface area contributed by atoms with Crippen molar-refractivity contribution >= 4 is 17.5 Å². The third-order valence-electron chi connectivity index (χ3n) is 5.77. The summed E-state index contributed by atoms with van der Waals surface area (Å²) in [5, 5.41) is 2.06. The number of benzene rings is 1. The lowest BCUT2D eigenvalue weighted by Crippen LogP contribution is -2.55. The van der Waals surface area contributed by atoms with E-state index in [2.05, 4.69) is 24.3 Å². The number of rotatable bonds is 3. The summed E-state index contributed by atoms with van der Waals surface area (Å²) in [5.74, 6) is 0.900. The molecule has 4 rings (SSSR count). The second-order valence-corrected chi connectivity index (χ2v) is 7.75. The third-order valence-corrected chi connectivity index (χ3v) is 5.77. The van der Waals surface area contributed by atoms with Crippen LogP contribution in [0.2, 0.25) is 0 Å². The minimum absolute atomic E-state index is 0.0356. The molecule has 0 aromatic heterocycles. The number of hydrogen-bond acceptors (Lipinski definition) is 5. The van der Waals surface area contributed by atoms with Crippen molar-refractivity contribution in [3.8, 4) is 11.5 Å². The number of ether oxygens (including phenoxy) is 2. The number of hydrazine groups is 1. The largest absolute Gasteiger partial charge is 0.486 e. The van der Waals surface area contributed by atoms with Gasteiger partial charge in [0, 0.05) is 36.8 Å². The normalized spacial score (nSPS) is 28.3. The fourth-order valence-electron chi connectivity index (χ4n) is 4.19. The lowest BCUT2D eigenvalue weighted by Gasteiger charge is -2.39. The van der Waals surface area contributed by atoms with Crippen molar-refractivity contribution in [1.29, 1.82) is 0 Å². The molecule has 0 radical (unpaired) electrons. The van der Waals surface area contributed by atoms with Crippen LogP contribution in [0, 0.1) is 5.92 Å². The molecule has 0 aliphatic carbocycles. The van der Waals surface area contributed by atoms with Crippen molar-refractivity contribution in [2.75, 3.05) is 24.7 Å². The molecule has 0 bridgehead atoms. The van der Waals surface area contributed by atoms with Gasteiger partial charge in [0.1, 0.15) is 13.2 Å². The number of carbonyl (C=O) groups excluding carboxylic acids is 2. The molecule has 0 unspecified atom stereocenters. The summed E-state index contributed by atoms with van der Waals surface area (Å²) in [5.41, 5.74) is 3.82. The summed E-state index contributed by atoms with van der Waals surface area (Å²) >= 11 is 0. The van der Waals surface area contributed by atoms with E-state index in [1.807, 2.05) is 18.2 Å². The van der Waals surface area contributed by atoms with E-state index < -0.39 is 0 Å². The van der Waals surface area contributed by atoms with Crippen LogP contribution in [0.4, 0.5) is 5.69 Å². The summed E-state index contributed by atoms with van der Waals surface area (Å²) in [6.07, 6.45) is 3.58. The molecule has 146 valence electrons. The fourth-order valence-corrected chi connectivity index (χ4v) is 4.19. The van der Waals surface area contributed by atoms with E-state index in [0.717, 1.165) is 18.5 Å². The molecule has 7 heteroatoms. The summed E-state index contributed by atoms with van der Waals surface area (Å²) in [6, 6.07) is 6.14. The van der Waals surface area contributed by atoms with Crippen LogP contribution < -0.4 is 19.8 Å². The zero-order valence-electron chi connectivity index (χ0n) is 15.9. The first kappa shape index (κ1) is 18.1. The van der Waals surface area contributed by atoms with E-state index in [0.29, 0.717) is 43.3 Å². The molecule has 0 spiro atoms. The van der Waals surface area contributed by atoms with E-state index in [4.69, 9.17) is 9.47 Å². The van der Waals surface area contributed by atoms with E-state index in [-0.39, 0.29) is 24.2 Å². The first-order valence-corrected chi connectivity index (χ1v) is 9.82. The summed E-state index contributed by atoms with van der Waals surface area (Å²) in [6.45, 7) is 5.70. The van der Waals surface area contributed by atoms with Gasteiger partial charge in [-0.1, -0.05) is 6.42 Å². The number of carbonyl (C=O) groups is 2. The molecule has 3 aliphatic heterocycles. The van der Waals surface area contributed by atoms with Crippen molar-refractivity contribution in [2.45, 2.75) is 51.6 Å². The molecule has 7 nitrogen and oxygen atoms in total. The van der Waals surface area contributed by atoms with Crippen molar-refractivity contribution in [3.05, 3.63) is 18.2 Å². The summed E-state index contributed by atoms with van der Waals surface area (Å²) in [4.78, 5) is 27.0. The molecular weight excluding hydrogens is 346 g/mol. The van der Waals surface area contributed by atoms with E-state index >= 15 is 0 Å². The van der Waals surface area contributed by atoms with E-state index in [1.165, 1.54) is 6.42 Å². The Balaban J connectivity index is 1.43. The van der Waals surface area contributed by atoms with Crippen molar-refractivity contribution in [1.82, 2.24) is 10.4 Å². The van der Waals surface area contributed by atoms with Gasteiger partial charge in [-0.05, 0) is 38.8 Å². The smallest absolute Gasteiger partial charge is 0.239 e. The monoisotopic (exact) mass is 373 g/mol. The number of hydrogen-bond donors (Lipinski definition) is 1. The average Bonchev–Trinajstić information content (AvgIpc) is 3.06. The zero-order valence-corrected chi connectivity index (χ0v) is 15.9. The van der Waals surface area contributed by atoms with Crippen molar-refractivity contribution in [3.63, 3.8) is 0 Å².